The van der Waals surface area contributed by atoms with Crippen LogP contribution in [-0.4, -0.2) is 31.6 Å². The number of primary amides is 1. The molecule has 1 unspecified atom stereocenters. The maximum Gasteiger partial charge on any atom is 0.332 e. The maximum atomic E-state index is 10.8. The van der Waals surface area contributed by atoms with Gasteiger partial charge in [0.25, 0.3) is 0 Å². The summed E-state index contributed by atoms with van der Waals surface area (Å²) in [5.74, 6) is -1.38. The number of nitrogens with one attached hydrogen (secondary N) is 1. The van der Waals surface area contributed by atoms with E-state index in [9.17, 15) is 9.59 Å². The van der Waals surface area contributed by atoms with E-state index in [1.54, 1.807) is 6.92 Å². The predicted molar refractivity (Wildman–Crippen MR) is 38.7 cm³/mol. The minimum atomic E-state index is -1.02. The number of rotatable bonds is 4. The molecule has 0 aliphatic heterocycles. The van der Waals surface area contributed by atoms with Crippen molar-refractivity contribution in [3.63, 3.8) is 0 Å². The van der Waals surface area contributed by atoms with Gasteiger partial charge in [-0.3, -0.25) is 10.1 Å². The van der Waals surface area contributed by atoms with Crippen molar-refractivity contribution in [2.75, 3.05) is 13.7 Å². The van der Waals surface area contributed by atoms with Gasteiger partial charge in [-0.25, -0.2) is 4.79 Å². The van der Waals surface area contributed by atoms with Crippen LogP contribution in [0.25, 0.3) is 0 Å². The number of hydrogen-bond donors (Lipinski definition) is 2. The monoisotopic (exact) mass is 160 g/mol. The van der Waals surface area contributed by atoms with Gasteiger partial charge in [-0.15, -0.1) is 0 Å². The van der Waals surface area contributed by atoms with E-state index in [4.69, 9.17) is 5.73 Å². The lowest BCUT2D eigenvalue weighted by atomic mass is 10.3. The largest absolute Gasteiger partial charge is 0.467 e. The molecular formula is C6H12N2O3. The Kier molecular flexibility index (Phi) is 4.21. The van der Waals surface area contributed by atoms with Crippen molar-refractivity contribution in [1.29, 1.82) is 0 Å². The molecule has 0 rings (SSSR count). The lowest BCUT2D eigenvalue weighted by Crippen LogP contribution is -2.47. The van der Waals surface area contributed by atoms with E-state index in [2.05, 4.69) is 10.1 Å². The van der Waals surface area contributed by atoms with Gasteiger partial charge in [0, 0.05) is 0 Å². The van der Waals surface area contributed by atoms with Crippen molar-refractivity contribution in [3.8, 4) is 0 Å². The predicted octanol–water partition coefficient (Wildman–Crippen LogP) is -1.38. The first kappa shape index (κ1) is 9.90. The fourth-order valence-electron chi connectivity index (χ4n) is 0.622. The van der Waals surface area contributed by atoms with Crippen LogP contribution in [-0.2, 0) is 14.3 Å². The van der Waals surface area contributed by atoms with Gasteiger partial charge < -0.3 is 10.5 Å². The van der Waals surface area contributed by atoms with Crippen molar-refractivity contribution < 1.29 is 14.3 Å². The molecule has 0 aliphatic carbocycles. The highest BCUT2D eigenvalue weighted by Gasteiger charge is 2.23. The summed E-state index contributed by atoms with van der Waals surface area (Å²) in [5.41, 5.74) is 4.90. The Morgan fingerprint density at radius 1 is 1.64 bits per heavy atom. The third kappa shape index (κ3) is 2.99. The summed E-state index contributed by atoms with van der Waals surface area (Å²) in [6.07, 6.45) is 0. The summed E-state index contributed by atoms with van der Waals surface area (Å²) in [6, 6.07) is -1.02. The number of hydrogen-bond acceptors (Lipinski definition) is 4. The first-order chi connectivity index (χ1) is 5.13. The molecule has 0 spiro atoms. The first-order valence-electron chi connectivity index (χ1n) is 3.24. The summed E-state index contributed by atoms with van der Waals surface area (Å²) in [5, 5.41) is 2.58. The van der Waals surface area contributed by atoms with E-state index < -0.39 is 17.9 Å². The van der Waals surface area contributed by atoms with Crippen molar-refractivity contribution in [3.05, 3.63) is 0 Å². The third-order valence-corrected chi connectivity index (χ3v) is 1.13. The number of amides is 1. The zero-order valence-electron chi connectivity index (χ0n) is 6.59. The lowest BCUT2D eigenvalue weighted by Gasteiger charge is -2.10. The van der Waals surface area contributed by atoms with Crippen LogP contribution in [0.3, 0.4) is 0 Å². The first-order valence-corrected chi connectivity index (χ1v) is 3.24. The molecule has 0 bridgehead atoms. The fraction of sp³-hybridized carbons (Fsp3) is 0.667. The SMILES string of the molecule is CCNC(C(N)=O)C(=O)OC. The van der Waals surface area contributed by atoms with Gasteiger partial charge in [0.1, 0.15) is 0 Å². The Balaban J connectivity index is 4.09. The molecule has 5 nitrogen and oxygen atoms in total. The molecule has 0 fully saturated rings. The Bertz CT molecular complexity index is 158. The Morgan fingerprint density at radius 3 is 2.45 bits per heavy atom. The lowest BCUT2D eigenvalue weighted by molar-refractivity contribution is -0.146. The Hall–Kier alpha value is -1.10. The van der Waals surface area contributed by atoms with Crippen molar-refractivity contribution in [1.82, 2.24) is 5.32 Å². The van der Waals surface area contributed by atoms with Gasteiger partial charge in [0.15, 0.2) is 6.04 Å². The average molecular weight is 160 g/mol. The molecule has 5 heteroatoms. The smallest absolute Gasteiger partial charge is 0.332 e. The van der Waals surface area contributed by atoms with E-state index in [1.165, 1.54) is 7.11 Å². The van der Waals surface area contributed by atoms with Crippen LogP contribution in [0.5, 0.6) is 0 Å². The number of ether oxygens (including phenoxy) is 1. The van der Waals surface area contributed by atoms with E-state index in [0.29, 0.717) is 6.54 Å². The van der Waals surface area contributed by atoms with Crippen LogP contribution in [0.1, 0.15) is 6.92 Å². The highest BCUT2D eigenvalue weighted by Crippen LogP contribution is 1.85. The van der Waals surface area contributed by atoms with Crippen LogP contribution in [0, 0.1) is 0 Å². The van der Waals surface area contributed by atoms with Crippen LogP contribution in [0.4, 0.5) is 0 Å². The van der Waals surface area contributed by atoms with Gasteiger partial charge in [0.2, 0.25) is 5.91 Å². The van der Waals surface area contributed by atoms with Gasteiger partial charge >= 0.3 is 5.97 Å². The molecule has 0 radical (unpaired) electrons. The number of carbonyl (C=O) groups is 2. The van der Waals surface area contributed by atoms with Crippen molar-refractivity contribution >= 4 is 11.9 Å². The van der Waals surface area contributed by atoms with Crippen LogP contribution in [0.15, 0.2) is 0 Å². The number of methoxy groups -OCH3 is 1. The quantitative estimate of drug-likeness (QED) is 0.392. The Labute approximate surface area is 64.9 Å². The average Bonchev–Trinajstić information content (AvgIpc) is 1.98. The highest BCUT2D eigenvalue weighted by molar-refractivity contribution is 6.01. The molecule has 0 saturated carbocycles. The molecule has 0 aliphatic rings. The van der Waals surface area contributed by atoms with E-state index in [1.807, 2.05) is 0 Å². The molecule has 0 saturated heterocycles. The van der Waals surface area contributed by atoms with Gasteiger partial charge in [-0.2, -0.15) is 0 Å². The summed E-state index contributed by atoms with van der Waals surface area (Å²) in [7, 11) is 1.20. The van der Waals surface area contributed by atoms with Crippen LogP contribution < -0.4 is 11.1 Å². The van der Waals surface area contributed by atoms with Gasteiger partial charge in [0.05, 0.1) is 7.11 Å². The topological polar surface area (TPSA) is 81.4 Å². The second kappa shape index (κ2) is 4.68. The van der Waals surface area contributed by atoms with Crippen LogP contribution >= 0.6 is 0 Å². The van der Waals surface area contributed by atoms with E-state index in [0.717, 1.165) is 0 Å². The maximum absolute atomic E-state index is 10.8. The molecule has 0 aromatic rings. The van der Waals surface area contributed by atoms with E-state index in [-0.39, 0.29) is 0 Å². The third-order valence-electron chi connectivity index (χ3n) is 1.13. The van der Waals surface area contributed by atoms with Crippen LogP contribution in [0.2, 0.25) is 0 Å². The summed E-state index contributed by atoms with van der Waals surface area (Å²) in [4.78, 5) is 21.3. The molecule has 1 amide bonds. The molecule has 1 atom stereocenters. The van der Waals surface area contributed by atoms with Gasteiger partial charge in [-0.05, 0) is 6.54 Å². The highest BCUT2D eigenvalue weighted by atomic mass is 16.5. The molecule has 0 aromatic heterocycles. The van der Waals surface area contributed by atoms with E-state index >= 15 is 0 Å². The van der Waals surface area contributed by atoms with Crippen molar-refractivity contribution in [2.24, 2.45) is 5.73 Å². The number of likely N-dealkylation sites (N-methyl/N-ethyl adjacent to an activating group) is 1. The zero-order valence-corrected chi connectivity index (χ0v) is 6.59. The molecule has 3 N–H and O–H groups in total. The number of nitrogens with two attached hydrogens (primary N) is 1. The summed E-state index contributed by atoms with van der Waals surface area (Å²) in [6.45, 7) is 2.25. The minimum absolute atomic E-state index is 0.489. The second-order valence-corrected chi connectivity index (χ2v) is 1.92. The number of carbonyl (C=O) groups excluding carboxylic acids is 2. The molecule has 64 valence electrons. The molecule has 0 aromatic carbocycles. The second-order valence-electron chi connectivity index (χ2n) is 1.92. The summed E-state index contributed by atoms with van der Waals surface area (Å²) >= 11 is 0. The Morgan fingerprint density at radius 2 is 2.18 bits per heavy atom. The normalized spacial score (nSPS) is 12.2. The van der Waals surface area contributed by atoms with Gasteiger partial charge in [-0.1, -0.05) is 6.92 Å². The summed E-state index contributed by atoms with van der Waals surface area (Å²) < 4.78 is 4.32. The zero-order chi connectivity index (χ0) is 8.85. The molecule has 11 heavy (non-hydrogen) atoms. The standard InChI is InChI=1S/C6H12N2O3/c1-3-8-4(5(7)9)6(10)11-2/h4,8H,3H2,1-2H3,(H2,7,9). The molecular weight excluding hydrogens is 148 g/mol. The molecule has 0 heterocycles. The minimum Gasteiger partial charge on any atom is -0.467 e. The number of esters is 1. The van der Waals surface area contributed by atoms with Crippen molar-refractivity contribution in [2.45, 2.75) is 13.0 Å². The fourth-order valence-corrected chi connectivity index (χ4v) is 0.622.